The maximum Gasteiger partial charge on any atom is 0.405 e. The summed E-state index contributed by atoms with van der Waals surface area (Å²) in [6.45, 7) is -0.784. The lowest BCUT2D eigenvalue weighted by Crippen LogP contribution is -2.44. The number of primary amides is 1. The molecule has 0 heterocycles. The fraction of sp³-hybridized carbons (Fsp3) is 0.600. The number of hydrogen-bond acceptors (Lipinski definition) is 2. The minimum absolute atomic E-state index is 0.221. The smallest absolute Gasteiger partial charge is 0.405 e. The molecule has 0 saturated carbocycles. The molecule has 0 aliphatic heterocycles. The van der Waals surface area contributed by atoms with Crippen LogP contribution in [0.2, 0.25) is 0 Å². The number of nitrogens with one attached hydrogen (secondary N) is 1. The normalized spacial score (nSPS) is 12.1. The maximum absolute atomic E-state index is 11.6. The van der Waals surface area contributed by atoms with E-state index in [1.54, 1.807) is 5.32 Å². The number of nitrogens with two attached hydrogens (primary N) is 1. The molecule has 6 heteroatoms. The van der Waals surface area contributed by atoms with Gasteiger partial charge < -0.3 is 16.2 Å². The second kappa shape index (κ2) is 4.48. The quantitative estimate of drug-likeness (QED) is 0.521. The van der Waals surface area contributed by atoms with Crippen LogP contribution in [0.25, 0.3) is 0 Å². The maximum atomic E-state index is 11.6. The molecule has 0 spiro atoms. The van der Waals surface area contributed by atoms with Gasteiger partial charge in [0.1, 0.15) is 6.04 Å². The summed E-state index contributed by atoms with van der Waals surface area (Å²) in [5.41, 5.74) is 4.74. The second-order valence-electron chi connectivity index (χ2n) is 1.88. The molecule has 0 bridgehead atoms. The molecule has 0 saturated heterocycles. The van der Waals surface area contributed by atoms with Crippen molar-refractivity contribution in [3.05, 3.63) is 0 Å². The van der Waals surface area contributed by atoms with Gasteiger partial charge in [0, 0.05) is 6.42 Å². The molecule has 0 aromatic carbocycles. The van der Waals surface area contributed by atoms with E-state index in [0.29, 0.717) is 0 Å². The number of halogens is 1. The van der Waals surface area contributed by atoms with Gasteiger partial charge in [0.2, 0.25) is 5.91 Å². The van der Waals surface area contributed by atoms with Crippen molar-refractivity contribution in [2.75, 3.05) is 6.67 Å². The Bertz CT molecular complexity index is 162. The highest BCUT2D eigenvalue weighted by Crippen LogP contribution is 1.91. The summed E-state index contributed by atoms with van der Waals surface area (Å²) in [7, 11) is 0. The van der Waals surface area contributed by atoms with Crippen LogP contribution in [0.1, 0.15) is 6.42 Å². The fourth-order valence-corrected chi connectivity index (χ4v) is 0.544. The molecule has 0 aliphatic rings. The van der Waals surface area contributed by atoms with Gasteiger partial charge in [-0.05, 0) is 0 Å². The van der Waals surface area contributed by atoms with Crippen LogP contribution >= 0.6 is 0 Å². The van der Waals surface area contributed by atoms with E-state index in [1.807, 2.05) is 0 Å². The summed E-state index contributed by atoms with van der Waals surface area (Å²) in [6, 6.07) is -1.13. The topological polar surface area (TPSA) is 92.4 Å². The molecule has 1 unspecified atom stereocenters. The molecule has 11 heavy (non-hydrogen) atoms. The number of hydrogen-bond donors (Lipinski definition) is 3. The van der Waals surface area contributed by atoms with Gasteiger partial charge in [-0.1, -0.05) is 0 Å². The van der Waals surface area contributed by atoms with Crippen molar-refractivity contribution >= 4 is 12.0 Å². The third kappa shape index (κ3) is 4.12. The van der Waals surface area contributed by atoms with Gasteiger partial charge in [-0.2, -0.15) is 0 Å². The molecule has 1 atom stereocenters. The monoisotopic (exact) mass is 164 g/mol. The Morgan fingerprint density at radius 1 is 1.64 bits per heavy atom. The summed E-state index contributed by atoms with van der Waals surface area (Å²) in [4.78, 5) is 20.3. The van der Waals surface area contributed by atoms with Crippen molar-refractivity contribution in [2.24, 2.45) is 5.73 Å². The average Bonchev–Trinajstić information content (AvgIpc) is 1.86. The Balaban J connectivity index is 3.89. The van der Waals surface area contributed by atoms with Crippen molar-refractivity contribution in [1.82, 2.24) is 5.32 Å². The van der Waals surface area contributed by atoms with Crippen molar-refractivity contribution < 1.29 is 19.1 Å². The molecule has 0 rings (SSSR count). The first kappa shape index (κ1) is 9.67. The summed E-state index contributed by atoms with van der Waals surface area (Å²) in [6.07, 6.45) is -1.61. The van der Waals surface area contributed by atoms with Gasteiger partial charge in [-0.25, -0.2) is 4.79 Å². The highest BCUT2D eigenvalue weighted by atomic mass is 19.1. The van der Waals surface area contributed by atoms with E-state index >= 15 is 0 Å². The molecule has 0 aliphatic carbocycles. The third-order valence-corrected chi connectivity index (χ3v) is 1.04. The number of carbonyl (C=O) groups excluding carboxylic acids is 1. The summed E-state index contributed by atoms with van der Waals surface area (Å²) in [5.74, 6) is -0.870. The second-order valence-corrected chi connectivity index (χ2v) is 1.88. The molecule has 4 N–H and O–H groups in total. The Hall–Kier alpha value is -1.33. The zero-order chi connectivity index (χ0) is 8.85. The zero-order valence-electron chi connectivity index (χ0n) is 5.71. The number of amides is 2. The summed E-state index contributed by atoms with van der Waals surface area (Å²) < 4.78 is 11.6. The van der Waals surface area contributed by atoms with Crippen molar-refractivity contribution in [2.45, 2.75) is 12.5 Å². The van der Waals surface area contributed by atoms with E-state index < -0.39 is 24.7 Å². The number of alkyl halides is 1. The Morgan fingerprint density at radius 2 is 2.18 bits per heavy atom. The van der Waals surface area contributed by atoms with Crippen LogP contribution in [0.15, 0.2) is 0 Å². The molecular formula is C5H9FN2O3. The first-order chi connectivity index (χ1) is 5.07. The molecule has 0 fully saturated rings. The average molecular weight is 164 g/mol. The van der Waals surface area contributed by atoms with E-state index in [1.165, 1.54) is 0 Å². The van der Waals surface area contributed by atoms with Gasteiger partial charge in [0.15, 0.2) is 0 Å². The van der Waals surface area contributed by atoms with Gasteiger partial charge in [-0.3, -0.25) is 9.18 Å². The lowest BCUT2D eigenvalue weighted by atomic mass is 10.2. The molecule has 64 valence electrons. The molecule has 2 amide bonds. The first-order valence-corrected chi connectivity index (χ1v) is 2.92. The Labute approximate surface area is 62.4 Å². The van der Waals surface area contributed by atoms with Crippen LogP contribution in [-0.4, -0.2) is 29.8 Å². The van der Waals surface area contributed by atoms with Crippen LogP contribution in [0.3, 0.4) is 0 Å². The number of rotatable bonds is 4. The SMILES string of the molecule is NC(=O)C(CCF)NC(=O)O. The Kier molecular flexibility index (Phi) is 3.94. The highest BCUT2D eigenvalue weighted by Gasteiger charge is 2.16. The first-order valence-electron chi connectivity index (χ1n) is 2.92. The minimum atomic E-state index is -1.39. The van der Waals surface area contributed by atoms with E-state index in [4.69, 9.17) is 10.8 Å². The van der Waals surface area contributed by atoms with Crippen LogP contribution in [-0.2, 0) is 4.79 Å². The predicted octanol–water partition coefficient (Wildman–Crippen LogP) is -0.532. The van der Waals surface area contributed by atoms with Crippen molar-refractivity contribution in [3.8, 4) is 0 Å². The fourth-order valence-electron chi connectivity index (χ4n) is 0.544. The number of carboxylic acid groups (broad SMARTS) is 1. The lowest BCUT2D eigenvalue weighted by molar-refractivity contribution is -0.120. The van der Waals surface area contributed by atoms with Gasteiger partial charge in [0.05, 0.1) is 6.67 Å². The molecule has 0 aromatic heterocycles. The van der Waals surface area contributed by atoms with Crippen LogP contribution < -0.4 is 11.1 Å². The summed E-state index contributed by atoms with van der Waals surface area (Å²) in [5, 5.41) is 9.90. The van der Waals surface area contributed by atoms with Gasteiger partial charge >= 0.3 is 6.09 Å². The van der Waals surface area contributed by atoms with Crippen LogP contribution in [0.4, 0.5) is 9.18 Å². The molecular weight excluding hydrogens is 155 g/mol. The third-order valence-electron chi connectivity index (χ3n) is 1.04. The van der Waals surface area contributed by atoms with Crippen molar-refractivity contribution in [3.63, 3.8) is 0 Å². The molecule has 5 nitrogen and oxygen atoms in total. The zero-order valence-corrected chi connectivity index (χ0v) is 5.71. The number of carbonyl (C=O) groups is 2. The van der Waals surface area contributed by atoms with E-state index in [2.05, 4.69) is 0 Å². The summed E-state index contributed by atoms with van der Waals surface area (Å²) >= 11 is 0. The Morgan fingerprint density at radius 3 is 2.45 bits per heavy atom. The molecule has 0 aromatic rings. The van der Waals surface area contributed by atoms with E-state index in [0.717, 1.165) is 0 Å². The van der Waals surface area contributed by atoms with Gasteiger partial charge in [-0.15, -0.1) is 0 Å². The van der Waals surface area contributed by atoms with Crippen LogP contribution in [0.5, 0.6) is 0 Å². The standard InChI is InChI=1S/C5H9FN2O3/c6-2-1-3(4(7)9)8-5(10)11/h3,8H,1-2H2,(H2,7,9)(H,10,11). The largest absolute Gasteiger partial charge is 0.465 e. The van der Waals surface area contributed by atoms with E-state index in [-0.39, 0.29) is 6.42 Å². The van der Waals surface area contributed by atoms with Crippen molar-refractivity contribution in [1.29, 1.82) is 0 Å². The lowest BCUT2D eigenvalue weighted by Gasteiger charge is -2.09. The predicted molar refractivity (Wildman–Crippen MR) is 34.7 cm³/mol. The van der Waals surface area contributed by atoms with Gasteiger partial charge in [0.25, 0.3) is 0 Å². The highest BCUT2D eigenvalue weighted by molar-refractivity contribution is 5.83. The molecule has 0 radical (unpaired) electrons. The van der Waals surface area contributed by atoms with Crippen LogP contribution in [0, 0.1) is 0 Å². The van der Waals surface area contributed by atoms with E-state index in [9.17, 15) is 14.0 Å². The minimum Gasteiger partial charge on any atom is -0.465 e.